The highest BCUT2D eigenvalue weighted by Crippen LogP contribution is 2.12. The second kappa shape index (κ2) is 19.9. The summed E-state index contributed by atoms with van der Waals surface area (Å²) < 4.78 is 6.63. The summed E-state index contributed by atoms with van der Waals surface area (Å²) in [5.74, 6) is 0.111. The molecule has 0 fully saturated rings. The van der Waals surface area contributed by atoms with Gasteiger partial charge in [-0.3, -0.25) is 4.79 Å². The van der Waals surface area contributed by atoms with Gasteiger partial charge >= 0.3 is 0 Å². The molecule has 3 nitrogen and oxygen atoms in total. The predicted molar refractivity (Wildman–Crippen MR) is 118 cm³/mol. The van der Waals surface area contributed by atoms with Crippen LogP contribution in [-0.4, -0.2) is 50.7 Å². The number of Topliss-reactive ketones (excluding diaryl/α,β-unsaturated/α-hetero) is 1. The minimum atomic E-state index is 0. The molecule has 0 radical (unpaired) electrons. The van der Waals surface area contributed by atoms with Crippen molar-refractivity contribution < 1.29 is 26.4 Å². The monoisotopic (exact) mass is 417 g/mol. The number of carbonyl (C=O) groups is 1. The third kappa shape index (κ3) is 20.4. The first-order valence-electron chi connectivity index (χ1n) is 11.5. The van der Waals surface area contributed by atoms with E-state index in [1.165, 1.54) is 83.6 Å². The van der Waals surface area contributed by atoms with Crippen LogP contribution in [0.15, 0.2) is 12.2 Å². The number of likely N-dealkylation sites (N-methyl/N-ethyl adjacent to an activating group) is 1. The summed E-state index contributed by atoms with van der Waals surface area (Å²) in [6.45, 7) is 11.2. The Morgan fingerprint density at radius 2 is 1.25 bits per heavy atom. The second-order valence-corrected chi connectivity index (χ2v) is 8.84. The van der Waals surface area contributed by atoms with E-state index in [4.69, 9.17) is 4.74 Å². The van der Waals surface area contributed by atoms with Crippen LogP contribution in [0.5, 0.6) is 0 Å². The summed E-state index contributed by atoms with van der Waals surface area (Å²) in [5.41, 5.74) is 0.627. The minimum absolute atomic E-state index is 0. The summed E-state index contributed by atoms with van der Waals surface area (Å²) >= 11 is 0. The Bertz CT molecular complexity index is 383. The molecule has 0 aliphatic rings. The minimum Gasteiger partial charge on any atom is -1.00 e. The van der Waals surface area contributed by atoms with Gasteiger partial charge in [0.15, 0.2) is 5.78 Å². The molecule has 4 heteroatoms. The molecule has 0 unspecified atom stereocenters. The first-order valence-corrected chi connectivity index (χ1v) is 11.5. The van der Waals surface area contributed by atoms with E-state index in [9.17, 15) is 4.79 Å². The van der Waals surface area contributed by atoms with E-state index < -0.39 is 0 Å². The largest absolute Gasteiger partial charge is 1.00 e. The first kappa shape index (κ1) is 29.8. The summed E-state index contributed by atoms with van der Waals surface area (Å²) in [4.78, 5) is 11.5. The average Bonchev–Trinajstić information content (AvgIpc) is 2.62. The highest BCUT2D eigenvalue weighted by Gasteiger charge is 2.14. The van der Waals surface area contributed by atoms with Crippen molar-refractivity contribution in [3.05, 3.63) is 12.2 Å². The van der Waals surface area contributed by atoms with Crippen LogP contribution in [0.3, 0.4) is 0 Å². The van der Waals surface area contributed by atoms with Crippen molar-refractivity contribution in [2.45, 2.75) is 97.3 Å². The van der Waals surface area contributed by atoms with Crippen LogP contribution in [0.4, 0.5) is 0 Å². The Labute approximate surface area is 182 Å². The Hall–Kier alpha value is -0.380. The molecular weight excluding hydrogens is 370 g/mol. The topological polar surface area (TPSA) is 26.3 Å². The number of ketones is 1. The van der Waals surface area contributed by atoms with Gasteiger partial charge in [0, 0.05) is 6.42 Å². The second-order valence-electron chi connectivity index (χ2n) is 8.84. The van der Waals surface area contributed by atoms with Gasteiger partial charge in [0.25, 0.3) is 0 Å². The zero-order chi connectivity index (χ0) is 20.4. The van der Waals surface area contributed by atoms with Crippen molar-refractivity contribution in [1.29, 1.82) is 0 Å². The number of halogens is 1. The number of nitrogens with zero attached hydrogens (tertiary/aromatic N) is 1. The van der Waals surface area contributed by atoms with Crippen molar-refractivity contribution >= 4 is 5.78 Å². The van der Waals surface area contributed by atoms with Crippen LogP contribution in [0, 0.1) is 0 Å². The fraction of sp³-hybridized carbons (Fsp3) is 0.875. The number of allylic oxidation sites excluding steroid dienone is 1. The highest BCUT2D eigenvalue weighted by atomic mass is 35.5. The lowest BCUT2D eigenvalue weighted by molar-refractivity contribution is -0.891. The van der Waals surface area contributed by atoms with Gasteiger partial charge in [-0.25, -0.2) is 0 Å². The molecule has 0 amide bonds. The number of ether oxygens (including phenoxy) is 1. The van der Waals surface area contributed by atoms with E-state index in [2.05, 4.69) is 27.6 Å². The number of hydrogen-bond donors (Lipinski definition) is 0. The average molecular weight is 418 g/mol. The van der Waals surface area contributed by atoms with Gasteiger partial charge in [-0.1, -0.05) is 77.7 Å². The summed E-state index contributed by atoms with van der Waals surface area (Å²) in [6, 6.07) is 0. The highest BCUT2D eigenvalue weighted by molar-refractivity contribution is 5.94. The van der Waals surface area contributed by atoms with E-state index >= 15 is 0 Å². The lowest BCUT2D eigenvalue weighted by atomic mass is 10.1. The zero-order valence-corrected chi connectivity index (χ0v) is 20.1. The van der Waals surface area contributed by atoms with Crippen LogP contribution < -0.4 is 12.4 Å². The van der Waals surface area contributed by atoms with Gasteiger partial charge < -0.3 is 21.6 Å². The van der Waals surface area contributed by atoms with E-state index in [-0.39, 0.29) is 18.2 Å². The molecule has 0 aromatic heterocycles. The summed E-state index contributed by atoms with van der Waals surface area (Å²) in [5, 5.41) is 0. The first-order chi connectivity index (χ1) is 12.9. The number of carbonyl (C=O) groups excluding carboxylic acids is 1. The maximum absolute atomic E-state index is 11.5. The lowest BCUT2D eigenvalue weighted by Gasteiger charge is -2.29. The fourth-order valence-electron chi connectivity index (χ4n) is 3.28. The lowest BCUT2D eigenvalue weighted by Crippen LogP contribution is -3.00. The van der Waals surface area contributed by atoms with Crippen LogP contribution in [0.25, 0.3) is 0 Å². The Kier molecular flexibility index (Phi) is 21.2. The number of unbranched alkanes of at least 4 members (excludes halogenated alkanes) is 11. The van der Waals surface area contributed by atoms with Gasteiger partial charge in [-0.15, -0.1) is 0 Å². The molecular formula is C24H48ClNO2. The molecule has 0 saturated heterocycles. The molecule has 0 aliphatic carbocycles. The van der Waals surface area contributed by atoms with Crippen LogP contribution in [-0.2, 0) is 9.53 Å². The molecule has 28 heavy (non-hydrogen) atoms. The number of rotatable bonds is 20. The van der Waals surface area contributed by atoms with Crippen LogP contribution in [0.1, 0.15) is 97.3 Å². The maximum atomic E-state index is 11.5. The molecule has 0 aromatic rings. The van der Waals surface area contributed by atoms with Crippen LogP contribution >= 0.6 is 0 Å². The zero-order valence-electron chi connectivity index (χ0n) is 19.4. The molecule has 0 bridgehead atoms. The van der Waals surface area contributed by atoms with Gasteiger partial charge in [0.05, 0.1) is 33.9 Å². The smallest absolute Gasteiger partial charge is 0.160 e. The predicted octanol–water partition coefficient (Wildman–Crippen LogP) is 3.32. The van der Waals surface area contributed by atoms with Crippen molar-refractivity contribution in [3.63, 3.8) is 0 Å². The molecule has 0 N–H and O–H groups in total. The van der Waals surface area contributed by atoms with E-state index in [0.29, 0.717) is 18.6 Å². The van der Waals surface area contributed by atoms with Gasteiger partial charge in [0.1, 0.15) is 6.54 Å². The third-order valence-electron chi connectivity index (χ3n) is 5.41. The van der Waals surface area contributed by atoms with Gasteiger partial charge in [0.2, 0.25) is 0 Å². The van der Waals surface area contributed by atoms with Crippen molar-refractivity contribution in [3.8, 4) is 0 Å². The molecule has 0 spiro atoms. The Morgan fingerprint density at radius 3 is 1.71 bits per heavy atom. The molecule has 0 rings (SSSR count). The SMILES string of the molecule is C=C(C)C(=O)CCOCC[N+](C)(C)CCCCCCCCCCCCCC.[Cl-]. The van der Waals surface area contributed by atoms with Crippen molar-refractivity contribution in [2.75, 3.05) is 40.4 Å². The fourth-order valence-corrected chi connectivity index (χ4v) is 3.28. The Balaban J connectivity index is 0. The Morgan fingerprint density at radius 1 is 0.786 bits per heavy atom. The summed E-state index contributed by atoms with van der Waals surface area (Å²) in [6.07, 6.45) is 17.3. The molecule has 0 atom stereocenters. The summed E-state index contributed by atoms with van der Waals surface area (Å²) in [7, 11) is 4.56. The van der Waals surface area contributed by atoms with E-state index in [1.54, 1.807) is 6.92 Å². The standard InChI is InChI=1S/C24H48NO2.ClH/c1-6-7-8-9-10-11-12-13-14-15-16-17-19-25(4,5)20-22-27-21-18-24(26)23(2)3;/h2,6-22H2,1,3-5H3;1H/q+1;/p-1. The van der Waals surface area contributed by atoms with E-state index in [1.807, 2.05) is 0 Å². The molecule has 0 aliphatic heterocycles. The molecule has 0 heterocycles. The normalized spacial score (nSPS) is 11.3. The molecule has 0 saturated carbocycles. The number of hydrogen-bond acceptors (Lipinski definition) is 2. The molecule has 168 valence electrons. The van der Waals surface area contributed by atoms with Gasteiger partial charge in [-0.05, 0) is 25.3 Å². The van der Waals surface area contributed by atoms with Crippen molar-refractivity contribution in [1.82, 2.24) is 0 Å². The van der Waals surface area contributed by atoms with Crippen molar-refractivity contribution in [2.24, 2.45) is 0 Å². The van der Waals surface area contributed by atoms with Gasteiger partial charge in [-0.2, -0.15) is 0 Å². The van der Waals surface area contributed by atoms with E-state index in [0.717, 1.165) is 17.6 Å². The van der Waals surface area contributed by atoms with Crippen LogP contribution in [0.2, 0.25) is 0 Å². The molecule has 0 aromatic carbocycles. The maximum Gasteiger partial charge on any atom is 0.160 e. The number of quaternary nitrogens is 1. The quantitative estimate of drug-likeness (QED) is 0.172. The third-order valence-corrected chi connectivity index (χ3v) is 5.41.